The number of hydrogen-bond acceptors (Lipinski definition) is 5. The molecule has 6 nitrogen and oxygen atoms in total. The quantitative estimate of drug-likeness (QED) is 0.328. The van der Waals surface area contributed by atoms with Crippen LogP contribution in [0.4, 0.5) is 0 Å². The highest BCUT2D eigenvalue weighted by atomic mass is 35.5. The molecule has 8 heteroatoms. The summed E-state index contributed by atoms with van der Waals surface area (Å²) in [5, 5.41) is 13.1. The summed E-state index contributed by atoms with van der Waals surface area (Å²) in [7, 11) is 0. The number of thioether (sulfide) groups is 1. The fourth-order valence-corrected chi connectivity index (χ4v) is 4.84. The van der Waals surface area contributed by atoms with Crippen molar-refractivity contribution in [1.29, 1.82) is 0 Å². The topological polar surface area (TPSA) is 69.0 Å². The first-order chi connectivity index (χ1) is 16.4. The zero-order valence-electron chi connectivity index (χ0n) is 19.8. The molecule has 0 saturated heterocycles. The van der Waals surface area contributed by atoms with Crippen LogP contribution in [0.3, 0.4) is 0 Å². The van der Waals surface area contributed by atoms with E-state index >= 15 is 0 Å². The number of benzene rings is 2. The lowest BCUT2D eigenvalue weighted by Crippen LogP contribution is -2.28. The second-order valence-corrected chi connectivity index (χ2v) is 10.5. The first-order valence-electron chi connectivity index (χ1n) is 11.7. The zero-order chi connectivity index (χ0) is 24.1. The Balaban J connectivity index is 1.32. The van der Waals surface area contributed by atoms with Gasteiger partial charge in [-0.1, -0.05) is 73.6 Å². The third-order valence-corrected chi connectivity index (χ3v) is 6.93. The molecule has 1 saturated carbocycles. The highest BCUT2D eigenvalue weighted by molar-refractivity contribution is 7.99. The minimum Gasteiger partial charge on any atom is -0.484 e. The summed E-state index contributed by atoms with van der Waals surface area (Å²) >= 11 is 7.60. The van der Waals surface area contributed by atoms with Gasteiger partial charge in [0.15, 0.2) is 11.0 Å². The predicted molar refractivity (Wildman–Crippen MR) is 136 cm³/mol. The van der Waals surface area contributed by atoms with E-state index in [0.717, 1.165) is 35.8 Å². The van der Waals surface area contributed by atoms with Crippen LogP contribution in [-0.2, 0) is 17.8 Å². The highest BCUT2D eigenvalue weighted by Gasteiger charge is 2.30. The van der Waals surface area contributed by atoms with E-state index in [-0.39, 0.29) is 24.3 Å². The summed E-state index contributed by atoms with van der Waals surface area (Å²) < 4.78 is 7.97. The maximum atomic E-state index is 12.6. The number of nitrogens with one attached hydrogen (secondary N) is 1. The van der Waals surface area contributed by atoms with Gasteiger partial charge in [0.25, 0.3) is 0 Å². The van der Waals surface area contributed by atoms with Crippen molar-refractivity contribution >= 4 is 29.3 Å². The first-order valence-corrected chi connectivity index (χ1v) is 13.1. The van der Waals surface area contributed by atoms with Crippen molar-refractivity contribution in [2.75, 3.05) is 5.75 Å². The number of ether oxygens (including phenoxy) is 1. The van der Waals surface area contributed by atoms with Gasteiger partial charge in [0, 0.05) is 6.04 Å². The van der Waals surface area contributed by atoms with Crippen molar-refractivity contribution in [1.82, 2.24) is 20.1 Å². The van der Waals surface area contributed by atoms with Crippen LogP contribution in [0, 0.1) is 5.92 Å². The number of carbonyl (C=O) groups excluding carboxylic acids is 1. The lowest BCUT2D eigenvalue weighted by molar-refractivity contribution is -0.119. The second-order valence-electron chi connectivity index (χ2n) is 9.14. The Morgan fingerprint density at radius 1 is 1.15 bits per heavy atom. The molecule has 3 aromatic rings. The highest BCUT2D eigenvalue weighted by Crippen LogP contribution is 2.39. The molecule has 1 aliphatic rings. The minimum atomic E-state index is -0.0536. The van der Waals surface area contributed by atoms with Crippen LogP contribution in [0.25, 0.3) is 0 Å². The SMILES string of the molecule is CC(C)Cc1ccc(C(C)NC(=O)CSc2nnc(COc3ccccc3Cl)n2C2CC2)cc1. The molecule has 1 heterocycles. The number of aromatic nitrogens is 3. The molecule has 1 aliphatic carbocycles. The molecule has 180 valence electrons. The molecule has 34 heavy (non-hydrogen) atoms. The van der Waals surface area contributed by atoms with Crippen LogP contribution in [-0.4, -0.2) is 26.4 Å². The molecule has 0 bridgehead atoms. The predicted octanol–water partition coefficient (Wildman–Crippen LogP) is 6.01. The minimum absolute atomic E-state index is 0.0250. The van der Waals surface area contributed by atoms with Gasteiger partial charge in [-0.2, -0.15) is 0 Å². The average Bonchev–Trinajstić information content (AvgIpc) is 3.57. The van der Waals surface area contributed by atoms with Gasteiger partial charge in [-0.3, -0.25) is 9.36 Å². The molecule has 1 fully saturated rings. The van der Waals surface area contributed by atoms with Crippen molar-refractivity contribution in [3.05, 3.63) is 70.5 Å². The Labute approximate surface area is 210 Å². The summed E-state index contributed by atoms with van der Waals surface area (Å²) in [6.45, 7) is 6.72. The van der Waals surface area contributed by atoms with E-state index in [1.54, 1.807) is 6.07 Å². The molecular weight excluding hydrogens is 468 g/mol. The van der Waals surface area contributed by atoms with Crippen molar-refractivity contribution in [3.8, 4) is 5.75 Å². The molecule has 1 atom stereocenters. The number of para-hydroxylation sites is 1. The molecular formula is C26H31ClN4O2S. The van der Waals surface area contributed by atoms with Gasteiger partial charge in [-0.05, 0) is 55.4 Å². The average molecular weight is 499 g/mol. The van der Waals surface area contributed by atoms with E-state index in [9.17, 15) is 4.79 Å². The molecule has 2 aromatic carbocycles. The monoisotopic (exact) mass is 498 g/mol. The summed E-state index contributed by atoms with van der Waals surface area (Å²) in [5.41, 5.74) is 2.42. The Morgan fingerprint density at radius 3 is 2.56 bits per heavy atom. The smallest absolute Gasteiger partial charge is 0.230 e. The van der Waals surface area contributed by atoms with Gasteiger partial charge in [-0.25, -0.2) is 0 Å². The normalized spacial score (nSPS) is 14.3. The third-order valence-electron chi connectivity index (χ3n) is 5.67. The van der Waals surface area contributed by atoms with E-state index in [1.807, 2.05) is 25.1 Å². The molecule has 0 radical (unpaired) electrons. The number of amides is 1. The van der Waals surface area contributed by atoms with Crippen molar-refractivity contribution in [3.63, 3.8) is 0 Å². The number of halogens is 1. The molecule has 0 aliphatic heterocycles. The largest absolute Gasteiger partial charge is 0.484 e. The lowest BCUT2D eigenvalue weighted by Gasteiger charge is -2.15. The van der Waals surface area contributed by atoms with Gasteiger partial charge in [0.1, 0.15) is 12.4 Å². The molecule has 1 N–H and O–H groups in total. The van der Waals surface area contributed by atoms with Crippen LogP contribution < -0.4 is 10.1 Å². The van der Waals surface area contributed by atoms with Crippen LogP contribution in [0.2, 0.25) is 5.02 Å². The number of hydrogen-bond donors (Lipinski definition) is 1. The molecule has 0 spiro atoms. The van der Waals surface area contributed by atoms with Gasteiger partial charge < -0.3 is 10.1 Å². The van der Waals surface area contributed by atoms with Crippen molar-refractivity contribution < 1.29 is 9.53 Å². The molecule has 1 amide bonds. The maximum absolute atomic E-state index is 12.6. The second kappa shape index (κ2) is 11.3. The van der Waals surface area contributed by atoms with Crippen LogP contribution in [0.5, 0.6) is 5.75 Å². The Bertz CT molecular complexity index is 1110. The number of carbonyl (C=O) groups is 1. The third kappa shape index (κ3) is 6.54. The summed E-state index contributed by atoms with van der Waals surface area (Å²) in [6.07, 6.45) is 3.23. The molecule has 1 unspecified atom stereocenters. The summed E-state index contributed by atoms with van der Waals surface area (Å²) in [5.74, 6) is 2.25. The maximum Gasteiger partial charge on any atom is 0.230 e. The molecule has 4 rings (SSSR count). The lowest BCUT2D eigenvalue weighted by atomic mass is 10.00. The van der Waals surface area contributed by atoms with E-state index in [2.05, 4.69) is 58.2 Å². The Kier molecular flexibility index (Phi) is 8.16. The van der Waals surface area contributed by atoms with Crippen LogP contribution >= 0.6 is 23.4 Å². The summed E-state index contributed by atoms with van der Waals surface area (Å²) in [4.78, 5) is 12.6. The van der Waals surface area contributed by atoms with Crippen molar-refractivity contribution in [2.24, 2.45) is 5.92 Å². The number of rotatable bonds is 11. The van der Waals surface area contributed by atoms with E-state index in [0.29, 0.717) is 22.7 Å². The van der Waals surface area contributed by atoms with Crippen LogP contribution in [0.1, 0.15) is 62.6 Å². The van der Waals surface area contributed by atoms with Crippen molar-refractivity contribution in [2.45, 2.75) is 63.9 Å². The zero-order valence-corrected chi connectivity index (χ0v) is 21.4. The standard InChI is InChI=1S/C26H31ClN4O2S/c1-17(2)14-19-8-10-20(11-9-19)18(3)28-25(32)16-34-26-30-29-24(31(26)21-12-13-21)15-33-23-7-5-4-6-22(23)27/h4-11,17-18,21H,12-16H2,1-3H3,(H,28,32). The fraction of sp³-hybridized carbons (Fsp3) is 0.423. The number of nitrogens with zero attached hydrogens (tertiary/aromatic N) is 3. The van der Waals surface area contributed by atoms with Gasteiger partial charge in [0.2, 0.25) is 5.91 Å². The first kappa shape index (κ1) is 24.6. The van der Waals surface area contributed by atoms with Gasteiger partial charge in [-0.15, -0.1) is 10.2 Å². The summed E-state index contributed by atoms with van der Waals surface area (Å²) in [6, 6.07) is 16.2. The molecule has 1 aromatic heterocycles. The van der Waals surface area contributed by atoms with Gasteiger partial charge in [0.05, 0.1) is 16.8 Å². The van der Waals surface area contributed by atoms with E-state index in [1.165, 1.54) is 17.3 Å². The van der Waals surface area contributed by atoms with Crippen LogP contribution in [0.15, 0.2) is 53.7 Å². The fourth-order valence-electron chi connectivity index (χ4n) is 3.82. The van der Waals surface area contributed by atoms with E-state index < -0.39 is 0 Å². The van der Waals surface area contributed by atoms with E-state index in [4.69, 9.17) is 16.3 Å². The van der Waals surface area contributed by atoms with Gasteiger partial charge >= 0.3 is 0 Å². The Hall–Kier alpha value is -2.51. The Morgan fingerprint density at radius 2 is 1.88 bits per heavy atom.